The first kappa shape index (κ1) is 23.4. The molecule has 1 aliphatic rings. The lowest BCUT2D eigenvalue weighted by Crippen LogP contribution is -2.51. The van der Waals surface area contributed by atoms with E-state index in [-0.39, 0.29) is 30.8 Å². The number of piperazine rings is 1. The zero-order valence-electron chi connectivity index (χ0n) is 15.2. The Bertz CT molecular complexity index is 938. The fourth-order valence-electron chi connectivity index (χ4n) is 2.79. The number of nitrogens with one attached hydrogen (secondary N) is 2. The van der Waals surface area contributed by atoms with Gasteiger partial charge in [-0.2, -0.15) is 0 Å². The van der Waals surface area contributed by atoms with Crippen LogP contribution < -0.4 is 15.4 Å². The molecule has 7 nitrogen and oxygen atoms in total. The minimum Gasteiger partial charge on any atom is -0.462 e. The average molecular weight is 477 g/mol. The molecular formula is C18H20Cl3N5O2S. The quantitative estimate of drug-likeness (QED) is 0.559. The van der Waals surface area contributed by atoms with Crippen LogP contribution in [0.4, 0.5) is 4.79 Å². The summed E-state index contributed by atoms with van der Waals surface area (Å²) < 4.78 is 6.94. The molecule has 1 atom stereocenters. The zero-order chi connectivity index (χ0) is 18.6. The highest BCUT2D eigenvalue weighted by molar-refractivity contribution is 7.18. The van der Waals surface area contributed by atoms with E-state index in [0.29, 0.717) is 28.9 Å². The Morgan fingerprint density at radius 3 is 2.79 bits per heavy atom. The Labute approximate surface area is 189 Å². The number of rotatable bonds is 4. The number of aromatic nitrogens is 2. The van der Waals surface area contributed by atoms with E-state index in [4.69, 9.17) is 16.3 Å². The van der Waals surface area contributed by atoms with Crippen LogP contribution in [0.5, 0.6) is 5.75 Å². The van der Waals surface area contributed by atoms with Gasteiger partial charge in [0, 0.05) is 37.4 Å². The standard InChI is InChI=1S/C18H18ClN5O2S.2ClH/c19-12-3-4-14-15(10-12)27-17(22-14)16(26-13-2-1-5-21-11-13)23-18(25)24-8-6-20-7-9-24;;/h1-5,10-11,16,20H,6-9H2,(H,23,25);2*1H. The van der Waals surface area contributed by atoms with E-state index >= 15 is 0 Å². The number of hydrogen-bond acceptors (Lipinski definition) is 6. The van der Waals surface area contributed by atoms with Crippen molar-refractivity contribution in [2.75, 3.05) is 26.2 Å². The van der Waals surface area contributed by atoms with Crippen LogP contribution in [0, 0.1) is 0 Å². The maximum Gasteiger partial charge on any atom is 0.320 e. The van der Waals surface area contributed by atoms with Crippen molar-refractivity contribution in [1.82, 2.24) is 25.5 Å². The number of carbonyl (C=O) groups excluding carboxylic acids is 1. The second-order valence-corrected chi connectivity index (χ2v) is 7.54. The molecule has 0 saturated carbocycles. The largest absolute Gasteiger partial charge is 0.462 e. The van der Waals surface area contributed by atoms with E-state index in [1.165, 1.54) is 11.3 Å². The number of pyridine rings is 1. The first-order valence-electron chi connectivity index (χ1n) is 8.58. The monoisotopic (exact) mass is 475 g/mol. The summed E-state index contributed by atoms with van der Waals surface area (Å²) in [5.41, 5.74) is 0.815. The third-order valence-electron chi connectivity index (χ3n) is 4.14. The normalized spacial score (nSPS) is 14.4. The van der Waals surface area contributed by atoms with Crippen molar-refractivity contribution in [2.45, 2.75) is 6.23 Å². The second kappa shape index (κ2) is 10.8. The average Bonchev–Trinajstić information content (AvgIpc) is 3.12. The topological polar surface area (TPSA) is 79.4 Å². The molecule has 1 saturated heterocycles. The molecule has 3 aromatic rings. The third kappa shape index (κ3) is 5.83. The van der Waals surface area contributed by atoms with Crippen LogP contribution in [-0.2, 0) is 0 Å². The van der Waals surface area contributed by atoms with E-state index in [1.54, 1.807) is 35.5 Å². The summed E-state index contributed by atoms with van der Waals surface area (Å²) in [7, 11) is 0. The molecule has 156 valence electrons. The lowest BCUT2D eigenvalue weighted by Gasteiger charge is -2.29. The molecule has 11 heteroatoms. The second-order valence-electron chi connectivity index (χ2n) is 6.04. The van der Waals surface area contributed by atoms with Crippen LogP contribution in [0.3, 0.4) is 0 Å². The SMILES string of the molecule is Cl.Cl.O=C(NC(Oc1cccnc1)c1nc2ccc(Cl)cc2s1)N1CCNCC1. The number of hydrogen-bond donors (Lipinski definition) is 2. The molecule has 4 rings (SSSR count). The van der Waals surface area contributed by atoms with Gasteiger partial charge in [0.05, 0.1) is 16.4 Å². The maximum absolute atomic E-state index is 12.7. The van der Waals surface area contributed by atoms with Crippen molar-refractivity contribution in [1.29, 1.82) is 0 Å². The molecule has 0 aliphatic carbocycles. The number of carbonyl (C=O) groups is 1. The molecule has 0 spiro atoms. The number of halogens is 3. The lowest BCUT2D eigenvalue weighted by molar-refractivity contribution is 0.139. The van der Waals surface area contributed by atoms with E-state index in [2.05, 4.69) is 20.6 Å². The van der Waals surface area contributed by atoms with Crippen LogP contribution in [0.1, 0.15) is 11.2 Å². The fraction of sp³-hybridized carbons (Fsp3) is 0.278. The Morgan fingerprint density at radius 1 is 1.28 bits per heavy atom. The van der Waals surface area contributed by atoms with Gasteiger partial charge < -0.3 is 15.0 Å². The van der Waals surface area contributed by atoms with Crippen molar-refractivity contribution in [3.8, 4) is 5.75 Å². The van der Waals surface area contributed by atoms with Gasteiger partial charge >= 0.3 is 6.03 Å². The first-order chi connectivity index (χ1) is 13.2. The summed E-state index contributed by atoms with van der Waals surface area (Å²) in [6.07, 6.45) is 2.56. The van der Waals surface area contributed by atoms with Gasteiger partial charge in [0.1, 0.15) is 5.75 Å². The summed E-state index contributed by atoms with van der Waals surface area (Å²) in [6, 6.07) is 8.91. The fourth-order valence-corrected chi connectivity index (χ4v) is 4.02. The molecule has 0 radical (unpaired) electrons. The highest BCUT2D eigenvalue weighted by Crippen LogP contribution is 2.30. The number of fused-ring (bicyclic) bond motifs is 1. The zero-order valence-corrected chi connectivity index (χ0v) is 18.4. The van der Waals surface area contributed by atoms with Crippen LogP contribution in [-0.4, -0.2) is 47.1 Å². The summed E-state index contributed by atoms with van der Waals surface area (Å²) in [6.45, 7) is 2.87. The van der Waals surface area contributed by atoms with Crippen molar-refractivity contribution < 1.29 is 9.53 Å². The van der Waals surface area contributed by atoms with Crippen LogP contribution in [0.15, 0.2) is 42.7 Å². The Kier molecular flexibility index (Phi) is 8.73. The van der Waals surface area contributed by atoms with Gasteiger partial charge in [-0.05, 0) is 30.3 Å². The molecule has 1 unspecified atom stereocenters. The molecule has 29 heavy (non-hydrogen) atoms. The van der Waals surface area contributed by atoms with E-state index < -0.39 is 6.23 Å². The molecule has 1 aromatic carbocycles. The number of benzene rings is 1. The Morgan fingerprint density at radius 2 is 2.07 bits per heavy atom. The van der Waals surface area contributed by atoms with Gasteiger partial charge in [-0.25, -0.2) is 9.78 Å². The Hall–Kier alpha value is -1.84. The van der Waals surface area contributed by atoms with Crippen LogP contribution >= 0.6 is 47.8 Å². The number of ether oxygens (including phenoxy) is 1. The Balaban J connectivity index is 0.00000150. The summed E-state index contributed by atoms with van der Waals surface area (Å²) in [4.78, 5) is 23.1. The molecule has 1 fully saturated rings. The van der Waals surface area contributed by atoms with Crippen molar-refractivity contribution in [2.24, 2.45) is 0 Å². The molecule has 0 bridgehead atoms. The number of thiazole rings is 1. The van der Waals surface area contributed by atoms with Crippen molar-refractivity contribution >= 4 is 64.0 Å². The van der Waals surface area contributed by atoms with Crippen LogP contribution in [0.2, 0.25) is 5.02 Å². The van der Waals surface area contributed by atoms with Gasteiger partial charge in [0.25, 0.3) is 0 Å². The first-order valence-corrected chi connectivity index (χ1v) is 9.77. The molecular weight excluding hydrogens is 457 g/mol. The molecule has 3 heterocycles. The molecule has 2 amide bonds. The predicted molar refractivity (Wildman–Crippen MR) is 120 cm³/mol. The lowest BCUT2D eigenvalue weighted by atomic mass is 10.3. The van der Waals surface area contributed by atoms with E-state index in [1.807, 2.05) is 12.1 Å². The highest BCUT2D eigenvalue weighted by atomic mass is 35.5. The third-order valence-corrected chi connectivity index (χ3v) is 5.43. The molecule has 2 aromatic heterocycles. The summed E-state index contributed by atoms with van der Waals surface area (Å²) >= 11 is 7.52. The minimum atomic E-state index is -0.715. The van der Waals surface area contributed by atoms with Gasteiger partial charge in [-0.3, -0.25) is 10.3 Å². The van der Waals surface area contributed by atoms with E-state index in [9.17, 15) is 4.79 Å². The summed E-state index contributed by atoms with van der Waals surface area (Å²) in [5.74, 6) is 0.556. The number of urea groups is 1. The van der Waals surface area contributed by atoms with E-state index in [0.717, 1.165) is 23.3 Å². The smallest absolute Gasteiger partial charge is 0.320 e. The minimum absolute atomic E-state index is 0. The summed E-state index contributed by atoms with van der Waals surface area (Å²) in [5, 5.41) is 7.48. The van der Waals surface area contributed by atoms with Gasteiger partial charge in [-0.15, -0.1) is 36.2 Å². The molecule has 1 aliphatic heterocycles. The van der Waals surface area contributed by atoms with Gasteiger partial charge in [0.15, 0.2) is 5.01 Å². The maximum atomic E-state index is 12.7. The highest BCUT2D eigenvalue weighted by Gasteiger charge is 2.24. The van der Waals surface area contributed by atoms with Crippen molar-refractivity contribution in [3.63, 3.8) is 0 Å². The predicted octanol–water partition coefficient (Wildman–Crippen LogP) is 3.88. The number of amides is 2. The van der Waals surface area contributed by atoms with Gasteiger partial charge in [0.2, 0.25) is 6.23 Å². The number of nitrogens with zero attached hydrogens (tertiary/aromatic N) is 3. The molecule has 2 N–H and O–H groups in total. The van der Waals surface area contributed by atoms with Crippen LogP contribution in [0.25, 0.3) is 10.2 Å². The van der Waals surface area contributed by atoms with Gasteiger partial charge in [-0.1, -0.05) is 11.6 Å². The van der Waals surface area contributed by atoms with Crippen molar-refractivity contribution in [3.05, 3.63) is 52.8 Å².